The molecule has 0 fully saturated rings. The lowest BCUT2D eigenvalue weighted by Gasteiger charge is -2.20. The molecule has 140 valence electrons. The highest BCUT2D eigenvalue weighted by molar-refractivity contribution is 7.89. The van der Waals surface area contributed by atoms with Gasteiger partial charge in [-0.05, 0) is 42.4 Å². The van der Waals surface area contributed by atoms with Gasteiger partial charge in [0.05, 0.1) is 10.5 Å². The third kappa shape index (κ3) is 5.14. The van der Waals surface area contributed by atoms with Crippen LogP contribution in [0, 0.1) is 0 Å². The molecule has 0 radical (unpaired) electrons. The fraction of sp³-hybridized carbons (Fsp3) is 0.316. The summed E-state index contributed by atoms with van der Waals surface area (Å²) in [5.74, 6) is -1.16. The Morgan fingerprint density at radius 3 is 2.31 bits per heavy atom. The predicted molar refractivity (Wildman–Crippen MR) is 100 cm³/mol. The van der Waals surface area contributed by atoms with Crippen LogP contribution in [-0.2, 0) is 23.1 Å². The molecule has 0 saturated heterocycles. The molecule has 2 rings (SSSR count). The highest BCUT2D eigenvalue weighted by Crippen LogP contribution is 2.15. The zero-order valence-corrected chi connectivity index (χ0v) is 15.8. The largest absolute Gasteiger partial charge is 0.478 e. The molecule has 0 aliphatic rings. The number of hydrogen-bond acceptors (Lipinski definition) is 4. The average Bonchev–Trinajstić information content (AvgIpc) is 2.65. The van der Waals surface area contributed by atoms with E-state index in [0.29, 0.717) is 0 Å². The molecule has 2 aromatic carbocycles. The zero-order chi connectivity index (χ0) is 19.2. The first-order valence-electron chi connectivity index (χ1n) is 8.49. The van der Waals surface area contributed by atoms with E-state index in [1.165, 1.54) is 18.2 Å². The van der Waals surface area contributed by atoms with Crippen LogP contribution in [0.5, 0.6) is 0 Å². The van der Waals surface area contributed by atoms with Crippen LogP contribution >= 0.6 is 0 Å². The number of carboxylic acid groups (broad SMARTS) is 1. The van der Waals surface area contributed by atoms with Crippen molar-refractivity contribution in [1.29, 1.82) is 0 Å². The molecular formula is C19H24N2O4S. The maximum atomic E-state index is 12.5. The van der Waals surface area contributed by atoms with Crippen molar-refractivity contribution in [3.8, 4) is 0 Å². The zero-order valence-electron chi connectivity index (χ0n) is 15.0. The van der Waals surface area contributed by atoms with Gasteiger partial charge in [-0.25, -0.2) is 17.9 Å². The summed E-state index contributed by atoms with van der Waals surface area (Å²) in [6.45, 7) is 6.90. The number of hydrogen-bond donors (Lipinski definition) is 2. The molecule has 6 nitrogen and oxygen atoms in total. The lowest BCUT2D eigenvalue weighted by molar-refractivity contribution is 0.0696. The van der Waals surface area contributed by atoms with Crippen molar-refractivity contribution in [3.63, 3.8) is 0 Å². The van der Waals surface area contributed by atoms with Crippen LogP contribution in [0.25, 0.3) is 0 Å². The number of sulfonamides is 1. The van der Waals surface area contributed by atoms with Gasteiger partial charge in [-0.3, -0.25) is 4.90 Å². The van der Waals surface area contributed by atoms with Crippen LogP contribution in [0.3, 0.4) is 0 Å². The monoisotopic (exact) mass is 376 g/mol. The van der Waals surface area contributed by atoms with Crippen molar-refractivity contribution in [1.82, 2.24) is 9.62 Å². The quantitative estimate of drug-likeness (QED) is 0.703. The SMILES string of the molecule is CCN(CC)Cc1ccccc1CNS(=O)(=O)c1cccc(C(=O)O)c1. The fourth-order valence-electron chi connectivity index (χ4n) is 2.62. The Kier molecular flexibility index (Phi) is 6.90. The highest BCUT2D eigenvalue weighted by Gasteiger charge is 2.17. The lowest BCUT2D eigenvalue weighted by Crippen LogP contribution is -2.26. The summed E-state index contributed by atoms with van der Waals surface area (Å²) < 4.78 is 27.6. The van der Waals surface area contributed by atoms with Gasteiger partial charge >= 0.3 is 5.97 Å². The highest BCUT2D eigenvalue weighted by atomic mass is 32.2. The van der Waals surface area contributed by atoms with E-state index < -0.39 is 16.0 Å². The maximum absolute atomic E-state index is 12.5. The van der Waals surface area contributed by atoms with Gasteiger partial charge in [-0.1, -0.05) is 44.2 Å². The molecule has 2 aromatic rings. The number of nitrogens with zero attached hydrogens (tertiary/aromatic N) is 1. The topological polar surface area (TPSA) is 86.7 Å². The second kappa shape index (κ2) is 8.93. The molecule has 0 spiro atoms. The van der Waals surface area contributed by atoms with E-state index in [-0.39, 0.29) is 17.0 Å². The Hall–Kier alpha value is -2.22. The third-order valence-electron chi connectivity index (χ3n) is 4.25. The summed E-state index contributed by atoms with van der Waals surface area (Å²) in [6, 6.07) is 13.0. The van der Waals surface area contributed by atoms with Crippen LogP contribution in [0.2, 0.25) is 0 Å². The molecule has 7 heteroatoms. The minimum Gasteiger partial charge on any atom is -0.478 e. The molecule has 2 N–H and O–H groups in total. The van der Waals surface area contributed by atoms with E-state index in [2.05, 4.69) is 23.5 Å². The minimum atomic E-state index is -3.80. The van der Waals surface area contributed by atoms with Gasteiger partial charge in [-0.15, -0.1) is 0 Å². The van der Waals surface area contributed by atoms with E-state index in [1.54, 1.807) is 0 Å². The van der Waals surface area contributed by atoms with Crippen LogP contribution in [0.15, 0.2) is 53.4 Å². The van der Waals surface area contributed by atoms with Crippen LogP contribution in [-0.4, -0.2) is 37.5 Å². The first-order chi connectivity index (χ1) is 12.4. The molecule has 0 aliphatic heterocycles. The van der Waals surface area contributed by atoms with E-state index in [0.717, 1.165) is 36.8 Å². The molecule has 0 amide bonds. The number of aromatic carboxylic acids is 1. The lowest BCUT2D eigenvalue weighted by atomic mass is 10.1. The summed E-state index contributed by atoms with van der Waals surface area (Å²) in [7, 11) is -3.80. The Morgan fingerprint density at radius 1 is 1.04 bits per heavy atom. The second-order valence-corrected chi connectivity index (χ2v) is 7.65. The Morgan fingerprint density at radius 2 is 1.69 bits per heavy atom. The summed E-state index contributed by atoms with van der Waals surface area (Å²) >= 11 is 0. The molecule has 0 aliphatic carbocycles. The van der Waals surface area contributed by atoms with Gasteiger partial charge in [0.2, 0.25) is 10.0 Å². The van der Waals surface area contributed by atoms with Crippen molar-refractivity contribution in [3.05, 3.63) is 65.2 Å². The summed E-state index contributed by atoms with van der Waals surface area (Å²) in [4.78, 5) is 13.2. The van der Waals surface area contributed by atoms with Crippen molar-refractivity contribution >= 4 is 16.0 Å². The van der Waals surface area contributed by atoms with Crippen LogP contribution in [0.4, 0.5) is 0 Å². The van der Waals surface area contributed by atoms with Gasteiger partial charge in [-0.2, -0.15) is 0 Å². The van der Waals surface area contributed by atoms with Crippen LogP contribution in [0.1, 0.15) is 35.3 Å². The fourth-order valence-corrected chi connectivity index (χ4v) is 3.68. The first kappa shape index (κ1) is 20.1. The number of carboxylic acids is 1. The van der Waals surface area contributed by atoms with Gasteiger partial charge in [0, 0.05) is 13.1 Å². The minimum absolute atomic E-state index is 0.0568. The summed E-state index contributed by atoms with van der Waals surface area (Å²) in [6.07, 6.45) is 0. The molecule has 0 atom stereocenters. The van der Waals surface area contributed by atoms with Crippen molar-refractivity contribution in [2.75, 3.05) is 13.1 Å². The Bertz CT molecular complexity index is 861. The smallest absolute Gasteiger partial charge is 0.335 e. The van der Waals surface area contributed by atoms with Crippen molar-refractivity contribution in [2.24, 2.45) is 0 Å². The third-order valence-corrected chi connectivity index (χ3v) is 5.65. The maximum Gasteiger partial charge on any atom is 0.335 e. The van der Waals surface area contributed by atoms with Crippen molar-refractivity contribution < 1.29 is 18.3 Å². The molecule has 26 heavy (non-hydrogen) atoms. The molecule has 0 bridgehead atoms. The summed E-state index contributed by atoms with van der Waals surface area (Å²) in [5, 5.41) is 9.03. The molecule has 0 saturated carbocycles. The van der Waals surface area contributed by atoms with E-state index in [9.17, 15) is 13.2 Å². The predicted octanol–water partition coefficient (Wildman–Crippen LogP) is 2.71. The molecule has 0 heterocycles. The van der Waals surface area contributed by atoms with Gasteiger partial charge in [0.25, 0.3) is 0 Å². The standard InChI is InChI=1S/C19H24N2O4S/c1-3-21(4-2)14-17-9-6-5-8-16(17)13-20-26(24,25)18-11-7-10-15(12-18)19(22)23/h5-12,20H,3-4,13-14H2,1-2H3,(H,22,23). The number of rotatable bonds is 9. The Labute approximate surface area is 154 Å². The van der Waals surface area contributed by atoms with Gasteiger partial charge in [0.1, 0.15) is 0 Å². The second-order valence-electron chi connectivity index (χ2n) is 5.89. The van der Waals surface area contributed by atoms with Crippen LogP contribution < -0.4 is 4.72 Å². The average molecular weight is 376 g/mol. The first-order valence-corrected chi connectivity index (χ1v) is 9.97. The van der Waals surface area contributed by atoms with E-state index >= 15 is 0 Å². The van der Waals surface area contributed by atoms with Crippen molar-refractivity contribution in [2.45, 2.75) is 31.8 Å². The molecule has 0 aromatic heterocycles. The Balaban J connectivity index is 2.18. The van der Waals surface area contributed by atoms with Gasteiger partial charge < -0.3 is 5.11 Å². The summed E-state index contributed by atoms with van der Waals surface area (Å²) in [5.41, 5.74) is 1.91. The van der Waals surface area contributed by atoms with Gasteiger partial charge in [0.15, 0.2) is 0 Å². The number of nitrogens with one attached hydrogen (secondary N) is 1. The molecular weight excluding hydrogens is 352 g/mol. The van der Waals surface area contributed by atoms with E-state index in [4.69, 9.17) is 5.11 Å². The molecule has 0 unspecified atom stereocenters. The number of carbonyl (C=O) groups is 1. The number of benzene rings is 2. The normalized spacial score (nSPS) is 11.7. The van der Waals surface area contributed by atoms with E-state index in [1.807, 2.05) is 24.3 Å².